The van der Waals surface area contributed by atoms with Crippen molar-refractivity contribution in [3.8, 4) is 0 Å². The second-order valence-electron chi connectivity index (χ2n) is 15.8. The van der Waals surface area contributed by atoms with E-state index in [0.717, 1.165) is 62.4 Å². The molecule has 0 atom stereocenters. The van der Waals surface area contributed by atoms with E-state index in [9.17, 15) is 30.3 Å². The third-order valence-corrected chi connectivity index (χ3v) is 11.3. The fraction of sp³-hybridized carbons (Fsp3) is 0.180. The van der Waals surface area contributed by atoms with Gasteiger partial charge in [-0.05, 0) is 42.2 Å². The lowest BCUT2D eigenvalue weighted by Crippen LogP contribution is -1.98. The van der Waals surface area contributed by atoms with Crippen LogP contribution < -0.4 is 11.5 Å². The van der Waals surface area contributed by atoms with Gasteiger partial charge in [0.25, 0.3) is 5.69 Å². The van der Waals surface area contributed by atoms with E-state index in [-0.39, 0.29) is 22.0 Å². The molecule has 0 unspecified atom stereocenters. The van der Waals surface area contributed by atoms with Gasteiger partial charge in [-0.15, -0.1) is 0 Å². The van der Waals surface area contributed by atoms with Crippen LogP contribution >= 0.6 is 0 Å². The van der Waals surface area contributed by atoms with E-state index in [2.05, 4.69) is 83.2 Å². The number of nitro benzene ring substituents is 3. The molecule has 0 amide bonds. The van der Waals surface area contributed by atoms with Gasteiger partial charge in [0.1, 0.15) is 16.6 Å². The Kier molecular flexibility index (Phi) is 15.4. The Bertz CT molecular complexity index is 3430. The van der Waals surface area contributed by atoms with Crippen LogP contribution in [-0.4, -0.2) is 60.1 Å². The Labute approximate surface area is 401 Å². The molecule has 0 radical (unpaired) electrons. The molecule has 0 spiro atoms. The van der Waals surface area contributed by atoms with E-state index in [1.54, 1.807) is 77.1 Å². The van der Waals surface area contributed by atoms with E-state index in [0.29, 0.717) is 39.8 Å². The monoisotopic (exact) mass is 944 g/mol. The third kappa shape index (κ3) is 10.4. The van der Waals surface area contributed by atoms with Crippen LogP contribution in [0, 0.1) is 30.3 Å². The summed E-state index contributed by atoms with van der Waals surface area (Å²) in [6.45, 7) is 15.3. The van der Waals surface area contributed by atoms with Gasteiger partial charge in [-0.3, -0.25) is 54.1 Å². The molecule has 9 aromatic rings. The average molecular weight is 945 g/mol. The van der Waals surface area contributed by atoms with Crippen molar-refractivity contribution < 1.29 is 14.8 Å². The second-order valence-corrected chi connectivity index (χ2v) is 15.8. The number of fused-ring (bicyclic) bond motifs is 5. The van der Waals surface area contributed by atoms with Gasteiger partial charge in [-0.2, -0.15) is 20.4 Å². The van der Waals surface area contributed by atoms with Gasteiger partial charge < -0.3 is 11.5 Å². The van der Waals surface area contributed by atoms with Gasteiger partial charge in [-0.1, -0.05) is 94.3 Å². The number of nitrogen functional groups attached to an aromatic ring is 2. The zero-order valence-corrected chi connectivity index (χ0v) is 39.6. The largest absolute Gasteiger partial charge is 0.397 e. The van der Waals surface area contributed by atoms with E-state index in [1.165, 1.54) is 34.0 Å². The number of nitrogens with two attached hydrogens (primary N) is 2. The first-order valence-corrected chi connectivity index (χ1v) is 21.7. The number of rotatable bonds is 8. The number of aliphatic imine (C=N–C) groups is 1. The van der Waals surface area contributed by atoms with Crippen molar-refractivity contribution in [1.29, 1.82) is 0 Å². The Morgan fingerprint density at radius 1 is 0.586 bits per heavy atom. The maximum Gasteiger partial charge on any atom is 0.304 e. The molecule has 358 valence electrons. The molecule has 20 nitrogen and oxygen atoms in total. The number of nitro groups is 3. The van der Waals surface area contributed by atoms with Crippen LogP contribution in [0.1, 0.15) is 52.8 Å². The summed E-state index contributed by atoms with van der Waals surface area (Å²) in [6.07, 6.45) is 15.3. The number of nitrogens with zero attached hydrogens (tertiary/aromatic N) is 12. The molecule has 1 aliphatic heterocycles. The number of aryl methyl sites for hydroxylation is 6. The highest BCUT2D eigenvalue weighted by Crippen LogP contribution is 2.32. The van der Waals surface area contributed by atoms with Crippen molar-refractivity contribution in [1.82, 2.24) is 39.1 Å². The molecule has 4 aromatic heterocycles. The molecule has 4 N–H and O–H groups in total. The molecule has 10 rings (SSSR count). The molecule has 0 fully saturated rings. The van der Waals surface area contributed by atoms with Gasteiger partial charge in [0.15, 0.2) is 5.52 Å². The van der Waals surface area contributed by atoms with Crippen LogP contribution in [0.4, 0.5) is 28.4 Å². The Balaban J connectivity index is 0.000000144. The third-order valence-electron chi connectivity index (χ3n) is 11.3. The Morgan fingerprint density at radius 2 is 1.00 bits per heavy atom. The van der Waals surface area contributed by atoms with Crippen LogP contribution in [0.3, 0.4) is 0 Å². The maximum atomic E-state index is 11.0. The summed E-state index contributed by atoms with van der Waals surface area (Å²) < 4.78 is 6.64. The van der Waals surface area contributed by atoms with Crippen LogP contribution in [0.5, 0.6) is 0 Å². The molecular formula is C50H52N14O6. The van der Waals surface area contributed by atoms with E-state index >= 15 is 0 Å². The minimum atomic E-state index is -0.424. The van der Waals surface area contributed by atoms with Crippen molar-refractivity contribution in [2.24, 2.45) is 33.2 Å². The highest BCUT2D eigenvalue weighted by Gasteiger charge is 2.23. The molecule has 0 saturated heterocycles. The van der Waals surface area contributed by atoms with Gasteiger partial charge in [0.2, 0.25) is 0 Å². The molecule has 5 aromatic carbocycles. The molecule has 70 heavy (non-hydrogen) atoms. The predicted octanol–water partition coefficient (Wildman–Crippen LogP) is 9.86. The Hall–Kier alpha value is -9.33. The quantitative estimate of drug-likeness (QED) is 0.0819. The number of aromatic nitrogens is 8. The zero-order valence-electron chi connectivity index (χ0n) is 39.6. The fourth-order valence-electron chi connectivity index (χ4n) is 7.91. The standard InChI is InChI=1S/2C10H9N3O2.2C10H13N3.C10H8N2O2/c1-3-7-4-5-8-6-12(2)11-9(8)10(7)13(14)15;1-3-7-4-5-8-6-11-12(2)9(8)10(7)13(14)15;2*1-3-7-4-5-8-6-13(2)12-10(8)9(7)11;1-2-7-3-4-8-5-11-6-9(8)10(7)12(13)14/h2*3-6H,1H2,2H3;2*4-6H,3,11H2,1-2H3;2-5H,1,6H2. The smallest absolute Gasteiger partial charge is 0.304 e. The van der Waals surface area contributed by atoms with Crippen molar-refractivity contribution in [3.63, 3.8) is 0 Å². The summed E-state index contributed by atoms with van der Waals surface area (Å²) in [6, 6.07) is 18.7. The highest BCUT2D eigenvalue weighted by molar-refractivity contribution is 5.94. The summed E-state index contributed by atoms with van der Waals surface area (Å²) in [5.74, 6) is 0. The van der Waals surface area contributed by atoms with E-state index in [4.69, 9.17) is 11.5 Å². The fourth-order valence-corrected chi connectivity index (χ4v) is 7.91. The summed E-state index contributed by atoms with van der Waals surface area (Å²) in [4.78, 5) is 35.5. The number of hydrogen-bond donors (Lipinski definition) is 2. The summed E-state index contributed by atoms with van der Waals surface area (Å²) in [5, 5.41) is 53.1. The molecule has 5 heterocycles. The lowest BCUT2D eigenvalue weighted by Gasteiger charge is -2.02. The zero-order chi connectivity index (χ0) is 51.0. The molecule has 0 aliphatic carbocycles. The average Bonchev–Trinajstić information content (AvgIpc) is 4.20. The summed E-state index contributed by atoms with van der Waals surface area (Å²) in [5.41, 5.74) is 22.0. The van der Waals surface area contributed by atoms with E-state index in [1.807, 2.05) is 32.6 Å². The first kappa shape index (κ1) is 50.1. The van der Waals surface area contributed by atoms with Gasteiger partial charge in [0, 0.05) is 80.1 Å². The maximum absolute atomic E-state index is 11.0. The summed E-state index contributed by atoms with van der Waals surface area (Å²) in [7, 11) is 7.23. The Morgan fingerprint density at radius 3 is 1.47 bits per heavy atom. The minimum absolute atomic E-state index is 0.0168. The molecular weight excluding hydrogens is 893 g/mol. The first-order chi connectivity index (χ1) is 33.5. The topological polar surface area (TPSA) is 265 Å². The van der Waals surface area contributed by atoms with Gasteiger partial charge in [0.05, 0.1) is 61.1 Å². The van der Waals surface area contributed by atoms with Gasteiger partial charge >= 0.3 is 11.4 Å². The van der Waals surface area contributed by atoms with Gasteiger partial charge in [-0.25, -0.2) is 0 Å². The molecule has 20 heteroatoms. The van der Waals surface area contributed by atoms with Crippen LogP contribution in [0.25, 0.3) is 61.8 Å². The first-order valence-electron chi connectivity index (χ1n) is 21.7. The lowest BCUT2D eigenvalue weighted by molar-refractivity contribution is -0.385. The summed E-state index contributed by atoms with van der Waals surface area (Å²) >= 11 is 0. The lowest BCUT2D eigenvalue weighted by atomic mass is 10.0. The van der Waals surface area contributed by atoms with Crippen molar-refractivity contribution in [3.05, 3.63) is 174 Å². The van der Waals surface area contributed by atoms with Crippen LogP contribution in [0.2, 0.25) is 0 Å². The predicted molar refractivity (Wildman–Crippen MR) is 278 cm³/mol. The minimum Gasteiger partial charge on any atom is -0.397 e. The van der Waals surface area contributed by atoms with Crippen molar-refractivity contribution in [2.75, 3.05) is 11.5 Å². The van der Waals surface area contributed by atoms with Crippen molar-refractivity contribution >= 4 is 96.5 Å². The number of benzene rings is 5. The number of anilines is 2. The van der Waals surface area contributed by atoms with Crippen molar-refractivity contribution in [2.45, 2.75) is 33.2 Å². The normalized spacial score (nSPS) is 11.1. The SMILES string of the molecule is C=Cc1ccc2c(c1[N+](=O)[O-])CN=C2.C=Cc1ccc2cn(C)nc2c1[N+](=O)[O-].C=Cc1ccc2cnn(C)c2c1[N+](=O)[O-].CCc1ccc2cn(C)nc2c1N.CCc1ccc2cn(C)nc2c1N. The second kappa shape index (κ2) is 21.5. The van der Waals surface area contributed by atoms with E-state index < -0.39 is 9.85 Å². The molecule has 0 saturated carbocycles. The van der Waals surface area contributed by atoms with Crippen LogP contribution in [-0.2, 0) is 47.6 Å². The number of hydrogen-bond acceptors (Lipinski definition) is 13. The molecule has 0 bridgehead atoms. The highest BCUT2D eigenvalue weighted by atomic mass is 16.6. The molecule has 1 aliphatic rings. The van der Waals surface area contributed by atoms with Crippen LogP contribution in [0.15, 0.2) is 110 Å².